The molecule has 1 aliphatic heterocycles. The van der Waals surface area contributed by atoms with E-state index in [0.29, 0.717) is 23.5 Å². The molecule has 1 atom stereocenters. The number of carbonyl (C=O) groups is 1. The summed E-state index contributed by atoms with van der Waals surface area (Å²) in [5.41, 5.74) is 2.27. The molecule has 0 N–H and O–H groups in total. The van der Waals surface area contributed by atoms with E-state index in [4.69, 9.17) is 0 Å². The first kappa shape index (κ1) is 18.4. The molecule has 0 saturated carbocycles. The lowest BCUT2D eigenvalue weighted by Gasteiger charge is -2.32. The summed E-state index contributed by atoms with van der Waals surface area (Å²) in [4.78, 5) is 19.1. The number of halogens is 3. The van der Waals surface area contributed by atoms with Crippen molar-refractivity contribution in [3.05, 3.63) is 72.4 Å². The van der Waals surface area contributed by atoms with Crippen molar-refractivity contribution in [1.82, 2.24) is 19.2 Å². The number of rotatable bonds is 2. The molecule has 30 heavy (non-hydrogen) atoms. The van der Waals surface area contributed by atoms with Crippen molar-refractivity contribution in [2.75, 3.05) is 11.4 Å². The Hall–Kier alpha value is -3.62. The van der Waals surface area contributed by atoms with Crippen molar-refractivity contribution in [2.24, 2.45) is 0 Å². The second kappa shape index (κ2) is 6.45. The van der Waals surface area contributed by atoms with Crippen LogP contribution in [0.2, 0.25) is 0 Å². The number of carbonyl (C=O) groups excluding carboxylic acids is 1. The zero-order valence-corrected chi connectivity index (χ0v) is 15.8. The van der Waals surface area contributed by atoms with E-state index in [2.05, 4.69) is 10.1 Å². The fourth-order valence-corrected chi connectivity index (χ4v) is 3.80. The van der Waals surface area contributed by atoms with Gasteiger partial charge >= 0.3 is 6.18 Å². The normalized spacial score (nSPS) is 16.9. The Labute approximate surface area is 169 Å². The quantitative estimate of drug-likeness (QED) is 0.490. The van der Waals surface area contributed by atoms with Crippen molar-refractivity contribution in [3.8, 4) is 11.1 Å². The van der Waals surface area contributed by atoms with Crippen LogP contribution in [0, 0.1) is 0 Å². The molecule has 0 radical (unpaired) electrons. The standard InChI is InChI=1S/C21H16F3N5O/c1-13-12-28(16-4-2-15(3-5-16)21(22,23)24)20(30)19-17(11-26-29(13)19)14-6-8-27-9-7-25-18(27)10-14/h2-11,13H,12H2,1H3/t13-/m0/s1. The highest BCUT2D eigenvalue weighted by Crippen LogP contribution is 2.35. The molecular weight excluding hydrogens is 395 g/mol. The Balaban J connectivity index is 1.56. The second-order valence-electron chi connectivity index (χ2n) is 7.27. The molecule has 1 aromatic carbocycles. The highest BCUT2D eigenvalue weighted by atomic mass is 19.4. The number of fused-ring (bicyclic) bond motifs is 2. The van der Waals surface area contributed by atoms with Crippen LogP contribution in [0.3, 0.4) is 0 Å². The monoisotopic (exact) mass is 411 g/mol. The van der Waals surface area contributed by atoms with Crippen molar-refractivity contribution in [3.63, 3.8) is 0 Å². The van der Waals surface area contributed by atoms with Gasteiger partial charge in [-0.3, -0.25) is 9.48 Å². The first-order valence-corrected chi connectivity index (χ1v) is 9.32. The fourth-order valence-electron chi connectivity index (χ4n) is 3.80. The fraction of sp³-hybridized carbons (Fsp3) is 0.190. The van der Waals surface area contributed by atoms with E-state index in [1.807, 2.05) is 35.9 Å². The van der Waals surface area contributed by atoms with E-state index in [0.717, 1.165) is 23.3 Å². The minimum absolute atomic E-state index is 0.135. The molecule has 0 unspecified atom stereocenters. The molecule has 5 rings (SSSR count). The van der Waals surface area contributed by atoms with Crippen LogP contribution in [0.4, 0.5) is 18.9 Å². The number of hydrogen-bond donors (Lipinski definition) is 0. The SMILES string of the molecule is C[C@H]1CN(c2ccc(C(F)(F)F)cc2)C(=O)c2c(-c3ccn4ccnc4c3)cnn21. The number of alkyl halides is 3. The van der Waals surface area contributed by atoms with Gasteiger partial charge in [-0.25, -0.2) is 4.98 Å². The van der Waals surface area contributed by atoms with Gasteiger partial charge in [-0.1, -0.05) is 0 Å². The van der Waals surface area contributed by atoms with E-state index in [1.165, 1.54) is 17.0 Å². The smallest absolute Gasteiger partial charge is 0.307 e. The number of pyridine rings is 1. The van der Waals surface area contributed by atoms with Crippen molar-refractivity contribution in [1.29, 1.82) is 0 Å². The molecular formula is C21H16F3N5O. The van der Waals surface area contributed by atoms with Crippen molar-refractivity contribution < 1.29 is 18.0 Å². The lowest BCUT2D eigenvalue weighted by Crippen LogP contribution is -2.42. The molecule has 0 fully saturated rings. The summed E-state index contributed by atoms with van der Waals surface area (Å²) < 4.78 is 42.2. The summed E-state index contributed by atoms with van der Waals surface area (Å²) >= 11 is 0. The molecule has 0 bridgehead atoms. The zero-order valence-electron chi connectivity index (χ0n) is 15.8. The van der Waals surface area contributed by atoms with Crippen LogP contribution < -0.4 is 4.90 Å². The Morgan fingerprint density at radius 2 is 1.87 bits per heavy atom. The number of benzene rings is 1. The van der Waals surface area contributed by atoms with Crippen LogP contribution in [0.15, 0.2) is 61.2 Å². The van der Waals surface area contributed by atoms with Crippen LogP contribution in [0.1, 0.15) is 29.0 Å². The highest BCUT2D eigenvalue weighted by molar-refractivity contribution is 6.09. The molecule has 3 aromatic heterocycles. The Kier molecular flexibility index (Phi) is 3.96. The van der Waals surface area contributed by atoms with Gasteiger partial charge < -0.3 is 9.30 Å². The average Bonchev–Trinajstić information content (AvgIpc) is 3.37. The molecule has 1 amide bonds. The highest BCUT2D eigenvalue weighted by Gasteiger charge is 2.35. The largest absolute Gasteiger partial charge is 0.416 e. The summed E-state index contributed by atoms with van der Waals surface area (Å²) in [6, 6.07) is 8.25. The third-order valence-corrected chi connectivity index (χ3v) is 5.32. The van der Waals surface area contributed by atoms with Gasteiger partial charge in [0.1, 0.15) is 11.3 Å². The second-order valence-corrected chi connectivity index (χ2v) is 7.27. The molecule has 0 aliphatic carbocycles. The van der Waals surface area contributed by atoms with E-state index in [1.54, 1.807) is 17.1 Å². The molecule has 0 spiro atoms. The first-order chi connectivity index (χ1) is 14.3. The van der Waals surface area contributed by atoms with Crippen LogP contribution in [-0.4, -0.2) is 31.6 Å². The van der Waals surface area contributed by atoms with Gasteiger partial charge in [-0.2, -0.15) is 18.3 Å². The van der Waals surface area contributed by atoms with Crippen LogP contribution in [-0.2, 0) is 6.18 Å². The minimum Gasteiger partial charge on any atom is -0.307 e. The van der Waals surface area contributed by atoms with Crippen molar-refractivity contribution >= 4 is 17.2 Å². The zero-order chi connectivity index (χ0) is 21.0. The number of imidazole rings is 1. The van der Waals surface area contributed by atoms with Gasteiger partial charge in [-0.15, -0.1) is 0 Å². The first-order valence-electron chi connectivity index (χ1n) is 9.32. The maximum Gasteiger partial charge on any atom is 0.416 e. The Morgan fingerprint density at radius 3 is 2.60 bits per heavy atom. The average molecular weight is 411 g/mol. The van der Waals surface area contributed by atoms with Crippen LogP contribution in [0.25, 0.3) is 16.8 Å². The minimum atomic E-state index is -4.42. The Morgan fingerprint density at radius 1 is 1.10 bits per heavy atom. The molecule has 9 heteroatoms. The summed E-state index contributed by atoms with van der Waals surface area (Å²) in [6.07, 6.45) is 2.59. The molecule has 4 aromatic rings. The van der Waals surface area contributed by atoms with Gasteiger partial charge in [0.05, 0.1) is 17.8 Å². The third-order valence-electron chi connectivity index (χ3n) is 5.32. The maximum absolute atomic E-state index is 13.3. The van der Waals surface area contributed by atoms with E-state index in [-0.39, 0.29) is 11.9 Å². The molecule has 152 valence electrons. The van der Waals surface area contributed by atoms with E-state index >= 15 is 0 Å². The number of anilines is 1. The van der Waals surface area contributed by atoms with Crippen LogP contribution >= 0.6 is 0 Å². The molecule has 1 aliphatic rings. The summed E-state index contributed by atoms with van der Waals surface area (Å²) in [6.45, 7) is 2.24. The summed E-state index contributed by atoms with van der Waals surface area (Å²) in [5, 5.41) is 4.40. The third kappa shape index (κ3) is 2.85. The van der Waals surface area contributed by atoms with Gasteiger partial charge in [-0.05, 0) is 48.9 Å². The van der Waals surface area contributed by atoms with Crippen molar-refractivity contribution in [2.45, 2.75) is 19.1 Å². The number of nitrogens with zero attached hydrogens (tertiary/aromatic N) is 5. The molecule has 0 saturated heterocycles. The number of amides is 1. The van der Waals surface area contributed by atoms with Gasteiger partial charge in [0, 0.05) is 36.4 Å². The predicted molar refractivity (Wildman–Crippen MR) is 104 cm³/mol. The lowest BCUT2D eigenvalue weighted by molar-refractivity contribution is -0.137. The number of hydrogen-bond acceptors (Lipinski definition) is 3. The van der Waals surface area contributed by atoms with Crippen LogP contribution in [0.5, 0.6) is 0 Å². The predicted octanol–water partition coefficient (Wildman–Crippen LogP) is 4.44. The lowest BCUT2D eigenvalue weighted by atomic mass is 10.0. The topological polar surface area (TPSA) is 55.4 Å². The molecule has 6 nitrogen and oxygen atoms in total. The Bertz CT molecular complexity index is 1260. The van der Waals surface area contributed by atoms with Gasteiger partial charge in [0.2, 0.25) is 0 Å². The summed E-state index contributed by atoms with van der Waals surface area (Å²) in [5.74, 6) is -0.302. The van der Waals surface area contributed by atoms with E-state index in [9.17, 15) is 18.0 Å². The van der Waals surface area contributed by atoms with E-state index < -0.39 is 11.7 Å². The van der Waals surface area contributed by atoms with Gasteiger partial charge in [0.15, 0.2) is 0 Å². The number of aromatic nitrogens is 4. The summed E-state index contributed by atoms with van der Waals surface area (Å²) in [7, 11) is 0. The molecule has 4 heterocycles. The maximum atomic E-state index is 13.3. The van der Waals surface area contributed by atoms with Gasteiger partial charge in [0.25, 0.3) is 5.91 Å².